The van der Waals surface area contributed by atoms with Crippen LogP contribution in [0.25, 0.3) is 0 Å². The quantitative estimate of drug-likeness (QED) is 0.663. The molecule has 0 bridgehead atoms. The predicted octanol–water partition coefficient (Wildman–Crippen LogP) is 0.0725. The van der Waals surface area contributed by atoms with Crippen molar-refractivity contribution in [2.45, 2.75) is 18.9 Å². The molecule has 0 saturated heterocycles. The molecular formula is C13H19NO5S. The van der Waals surface area contributed by atoms with Crippen LogP contribution in [0.2, 0.25) is 0 Å². The van der Waals surface area contributed by atoms with Crippen LogP contribution in [0.5, 0.6) is 0 Å². The summed E-state index contributed by atoms with van der Waals surface area (Å²) in [7, 11) is -2.43. The number of methoxy groups -OCH3 is 1. The van der Waals surface area contributed by atoms with Crippen molar-refractivity contribution >= 4 is 16.0 Å². The fourth-order valence-corrected chi connectivity index (χ4v) is 2.89. The Balaban J connectivity index is 2.56. The van der Waals surface area contributed by atoms with Crippen molar-refractivity contribution in [1.82, 2.24) is 4.72 Å². The lowest BCUT2D eigenvalue weighted by atomic mass is 10.1. The maximum Gasteiger partial charge on any atom is 0.306 e. The summed E-state index contributed by atoms with van der Waals surface area (Å²) < 4.78 is 30.3. The molecule has 0 saturated carbocycles. The van der Waals surface area contributed by atoms with Crippen molar-refractivity contribution in [3.8, 4) is 0 Å². The van der Waals surface area contributed by atoms with E-state index in [1.807, 2.05) is 30.3 Å². The number of hydrogen-bond donors (Lipinski definition) is 2. The molecule has 0 heterocycles. The first-order valence-corrected chi connectivity index (χ1v) is 7.83. The molecule has 0 spiro atoms. The molecule has 1 unspecified atom stereocenters. The molecule has 7 heteroatoms. The Kier molecular flexibility index (Phi) is 6.63. The number of benzene rings is 1. The SMILES string of the molecule is COC(=O)CCS(=O)(=O)NC(CO)Cc1ccccc1. The second-order valence-electron chi connectivity index (χ2n) is 4.33. The summed E-state index contributed by atoms with van der Waals surface area (Å²) in [5.41, 5.74) is 0.919. The lowest BCUT2D eigenvalue weighted by molar-refractivity contribution is -0.140. The van der Waals surface area contributed by atoms with Crippen molar-refractivity contribution < 1.29 is 23.1 Å². The van der Waals surface area contributed by atoms with Crippen molar-refractivity contribution in [3.05, 3.63) is 35.9 Å². The van der Waals surface area contributed by atoms with Gasteiger partial charge in [-0.1, -0.05) is 30.3 Å². The Labute approximate surface area is 118 Å². The van der Waals surface area contributed by atoms with Gasteiger partial charge >= 0.3 is 5.97 Å². The molecule has 1 rings (SSSR count). The Morgan fingerprint density at radius 1 is 1.35 bits per heavy atom. The topological polar surface area (TPSA) is 92.7 Å². The molecule has 20 heavy (non-hydrogen) atoms. The number of aliphatic hydroxyl groups is 1. The second-order valence-corrected chi connectivity index (χ2v) is 6.21. The van der Waals surface area contributed by atoms with E-state index in [-0.39, 0.29) is 18.8 Å². The smallest absolute Gasteiger partial charge is 0.306 e. The van der Waals surface area contributed by atoms with Gasteiger partial charge in [-0.3, -0.25) is 4.79 Å². The number of esters is 1. The standard InChI is InChI=1S/C13H19NO5S/c1-19-13(16)7-8-20(17,18)14-12(10-15)9-11-5-3-2-4-6-11/h2-6,12,14-15H,7-10H2,1H3. The molecule has 0 fully saturated rings. The summed E-state index contributed by atoms with van der Waals surface area (Å²) in [5, 5.41) is 9.26. The first-order chi connectivity index (χ1) is 9.46. The minimum absolute atomic E-state index is 0.213. The number of aliphatic hydroxyl groups excluding tert-OH is 1. The van der Waals surface area contributed by atoms with E-state index in [2.05, 4.69) is 9.46 Å². The first-order valence-electron chi connectivity index (χ1n) is 6.18. The number of carbonyl (C=O) groups excluding carboxylic acids is 1. The van der Waals surface area contributed by atoms with Crippen molar-refractivity contribution in [2.75, 3.05) is 19.5 Å². The zero-order valence-electron chi connectivity index (χ0n) is 11.3. The molecule has 0 aliphatic carbocycles. The first kappa shape index (κ1) is 16.6. The molecule has 0 radical (unpaired) electrons. The largest absolute Gasteiger partial charge is 0.469 e. The number of rotatable bonds is 8. The van der Waals surface area contributed by atoms with E-state index in [9.17, 15) is 18.3 Å². The summed E-state index contributed by atoms with van der Waals surface area (Å²) in [5.74, 6) is -0.940. The summed E-state index contributed by atoms with van der Waals surface area (Å²) in [4.78, 5) is 10.9. The molecular weight excluding hydrogens is 282 g/mol. The summed E-state index contributed by atoms with van der Waals surface area (Å²) in [6.45, 7) is -0.313. The highest BCUT2D eigenvalue weighted by atomic mass is 32.2. The number of nitrogens with one attached hydrogen (secondary N) is 1. The molecule has 0 aromatic heterocycles. The molecule has 1 aromatic rings. The van der Waals surface area contributed by atoms with Crippen LogP contribution in [0.1, 0.15) is 12.0 Å². The number of carbonyl (C=O) groups is 1. The zero-order valence-corrected chi connectivity index (χ0v) is 12.1. The van der Waals surface area contributed by atoms with Crippen LogP contribution >= 0.6 is 0 Å². The Morgan fingerprint density at radius 2 is 2.00 bits per heavy atom. The lowest BCUT2D eigenvalue weighted by Gasteiger charge is -2.16. The van der Waals surface area contributed by atoms with Gasteiger partial charge in [0.25, 0.3) is 0 Å². The second kappa shape index (κ2) is 7.98. The van der Waals surface area contributed by atoms with E-state index >= 15 is 0 Å². The third kappa shape index (κ3) is 6.14. The van der Waals surface area contributed by atoms with Crippen LogP contribution < -0.4 is 4.72 Å². The molecule has 0 aliphatic heterocycles. The van der Waals surface area contributed by atoms with Gasteiger partial charge in [0, 0.05) is 6.04 Å². The Morgan fingerprint density at radius 3 is 2.55 bits per heavy atom. The highest BCUT2D eigenvalue weighted by molar-refractivity contribution is 7.89. The minimum atomic E-state index is -3.63. The van der Waals surface area contributed by atoms with Gasteiger partial charge in [-0.2, -0.15) is 0 Å². The van der Waals surface area contributed by atoms with Gasteiger partial charge in [0.1, 0.15) is 0 Å². The zero-order chi connectivity index (χ0) is 15.0. The normalized spacial score (nSPS) is 12.9. The third-order valence-corrected chi connectivity index (χ3v) is 4.13. The van der Waals surface area contributed by atoms with Crippen LogP contribution in [0.15, 0.2) is 30.3 Å². The Hall–Kier alpha value is -1.44. The minimum Gasteiger partial charge on any atom is -0.469 e. The average molecular weight is 301 g/mol. The van der Waals surface area contributed by atoms with Gasteiger partial charge in [0.05, 0.1) is 25.9 Å². The summed E-state index contributed by atoms with van der Waals surface area (Å²) >= 11 is 0. The highest BCUT2D eigenvalue weighted by Gasteiger charge is 2.19. The number of sulfonamides is 1. The number of ether oxygens (including phenoxy) is 1. The predicted molar refractivity (Wildman–Crippen MR) is 74.6 cm³/mol. The van der Waals surface area contributed by atoms with Crippen molar-refractivity contribution in [3.63, 3.8) is 0 Å². The maximum absolute atomic E-state index is 11.8. The molecule has 1 atom stereocenters. The van der Waals surface area contributed by atoms with Crippen molar-refractivity contribution in [2.24, 2.45) is 0 Å². The molecule has 2 N–H and O–H groups in total. The van der Waals surface area contributed by atoms with Gasteiger partial charge in [0.15, 0.2) is 0 Å². The monoisotopic (exact) mass is 301 g/mol. The molecule has 0 amide bonds. The molecule has 1 aromatic carbocycles. The van der Waals surface area contributed by atoms with E-state index < -0.39 is 22.0 Å². The van der Waals surface area contributed by atoms with E-state index in [1.54, 1.807) is 0 Å². The molecule has 6 nitrogen and oxygen atoms in total. The lowest BCUT2D eigenvalue weighted by Crippen LogP contribution is -2.40. The fourth-order valence-electron chi connectivity index (χ4n) is 1.67. The maximum atomic E-state index is 11.8. The van der Waals surface area contributed by atoms with Gasteiger partial charge in [-0.05, 0) is 12.0 Å². The summed E-state index contributed by atoms with van der Waals surface area (Å²) in [6.07, 6.45) is 0.171. The molecule has 112 valence electrons. The van der Waals surface area contributed by atoms with Crippen LogP contribution in [-0.4, -0.2) is 45.0 Å². The van der Waals surface area contributed by atoms with Crippen LogP contribution in [0, 0.1) is 0 Å². The average Bonchev–Trinajstić information content (AvgIpc) is 2.45. The third-order valence-electron chi connectivity index (χ3n) is 2.69. The summed E-state index contributed by atoms with van der Waals surface area (Å²) in [6, 6.07) is 8.64. The molecule has 0 aliphatic rings. The van der Waals surface area contributed by atoms with E-state index in [0.717, 1.165) is 5.56 Å². The van der Waals surface area contributed by atoms with Gasteiger partial charge in [0.2, 0.25) is 10.0 Å². The van der Waals surface area contributed by atoms with Gasteiger partial charge in [-0.25, -0.2) is 13.1 Å². The van der Waals surface area contributed by atoms with Crippen LogP contribution in [0.3, 0.4) is 0 Å². The van der Waals surface area contributed by atoms with Crippen molar-refractivity contribution in [1.29, 1.82) is 0 Å². The number of hydrogen-bond acceptors (Lipinski definition) is 5. The van der Waals surface area contributed by atoms with E-state index in [0.29, 0.717) is 6.42 Å². The van der Waals surface area contributed by atoms with Crippen LogP contribution in [-0.2, 0) is 26.0 Å². The van der Waals surface area contributed by atoms with E-state index in [4.69, 9.17) is 0 Å². The van der Waals surface area contributed by atoms with E-state index in [1.165, 1.54) is 7.11 Å². The van der Waals surface area contributed by atoms with Gasteiger partial charge in [-0.15, -0.1) is 0 Å². The highest BCUT2D eigenvalue weighted by Crippen LogP contribution is 2.04. The van der Waals surface area contributed by atoms with Gasteiger partial charge < -0.3 is 9.84 Å². The Bertz CT molecular complexity index is 515. The fraction of sp³-hybridized carbons (Fsp3) is 0.462. The van der Waals surface area contributed by atoms with Crippen LogP contribution in [0.4, 0.5) is 0 Å².